The van der Waals surface area contributed by atoms with Crippen molar-refractivity contribution in [2.45, 2.75) is 25.4 Å². The van der Waals surface area contributed by atoms with Gasteiger partial charge in [0, 0.05) is 31.2 Å². The second-order valence-corrected chi connectivity index (χ2v) is 6.17. The van der Waals surface area contributed by atoms with Crippen molar-refractivity contribution >= 4 is 5.69 Å². The summed E-state index contributed by atoms with van der Waals surface area (Å²) in [5.74, 6) is 0.542. The SMILES string of the molecule is CC(c1ccccc1)N1CCC(Nc2ccc(OCCO)nc2)C1. The molecule has 3 rings (SSSR count). The molecule has 1 aliphatic rings. The van der Waals surface area contributed by atoms with Gasteiger partial charge in [-0.2, -0.15) is 0 Å². The van der Waals surface area contributed by atoms with Gasteiger partial charge < -0.3 is 15.2 Å². The predicted octanol–water partition coefficient (Wildman–Crippen LogP) is 2.70. The number of aliphatic hydroxyl groups is 1. The van der Waals surface area contributed by atoms with Crippen LogP contribution < -0.4 is 10.1 Å². The van der Waals surface area contributed by atoms with Crippen LogP contribution in [0.1, 0.15) is 24.9 Å². The van der Waals surface area contributed by atoms with Gasteiger partial charge >= 0.3 is 0 Å². The Morgan fingerprint density at radius 3 is 2.83 bits per heavy atom. The number of hydrogen-bond donors (Lipinski definition) is 2. The van der Waals surface area contributed by atoms with Crippen molar-refractivity contribution in [1.82, 2.24) is 9.88 Å². The zero-order valence-corrected chi connectivity index (χ0v) is 14.1. The maximum Gasteiger partial charge on any atom is 0.213 e. The first-order chi connectivity index (χ1) is 11.8. The van der Waals surface area contributed by atoms with Gasteiger partial charge in [-0.15, -0.1) is 0 Å². The molecule has 5 heteroatoms. The van der Waals surface area contributed by atoms with E-state index in [-0.39, 0.29) is 13.2 Å². The molecule has 1 fully saturated rings. The molecule has 128 valence electrons. The van der Waals surface area contributed by atoms with Crippen molar-refractivity contribution in [3.05, 3.63) is 54.2 Å². The van der Waals surface area contributed by atoms with Crippen LogP contribution in [0.3, 0.4) is 0 Å². The van der Waals surface area contributed by atoms with Crippen LogP contribution >= 0.6 is 0 Å². The number of aromatic nitrogens is 1. The zero-order chi connectivity index (χ0) is 16.8. The van der Waals surface area contributed by atoms with Crippen molar-refractivity contribution in [3.8, 4) is 5.88 Å². The summed E-state index contributed by atoms with van der Waals surface area (Å²) < 4.78 is 5.28. The second-order valence-electron chi connectivity index (χ2n) is 6.17. The molecule has 5 nitrogen and oxygen atoms in total. The Balaban J connectivity index is 1.52. The lowest BCUT2D eigenvalue weighted by atomic mass is 10.1. The predicted molar refractivity (Wildman–Crippen MR) is 95.3 cm³/mol. The number of nitrogens with one attached hydrogen (secondary N) is 1. The summed E-state index contributed by atoms with van der Waals surface area (Å²) >= 11 is 0. The van der Waals surface area contributed by atoms with Crippen LogP contribution in [0.5, 0.6) is 5.88 Å². The van der Waals surface area contributed by atoms with Crippen LogP contribution in [-0.2, 0) is 0 Å². The molecule has 24 heavy (non-hydrogen) atoms. The number of nitrogens with zero attached hydrogens (tertiary/aromatic N) is 2. The fourth-order valence-corrected chi connectivity index (χ4v) is 3.14. The first kappa shape index (κ1) is 16.7. The van der Waals surface area contributed by atoms with Crippen LogP contribution in [0.4, 0.5) is 5.69 Å². The quantitative estimate of drug-likeness (QED) is 0.819. The van der Waals surface area contributed by atoms with Gasteiger partial charge in [0.05, 0.1) is 18.5 Å². The molecular formula is C19H25N3O2. The van der Waals surface area contributed by atoms with Crippen LogP contribution in [0, 0.1) is 0 Å². The number of rotatable bonds is 7. The number of ether oxygens (including phenoxy) is 1. The van der Waals surface area contributed by atoms with Gasteiger partial charge in [0.2, 0.25) is 5.88 Å². The summed E-state index contributed by atoms with van der Waals surface area (Å²) in [4.78, 5) is 6.76. The molecule has 0 spiro atoms. The lowest BCUT2D eigenvalue weighted by molar-refractivity contribution is 0.196. The largest absolute Gasteiger partial charge is 0.475 e. The number of hydrogen-bond acceptors (Lipinski definition) is 5. The minimum absolute atomic E-state index is 0.000805. The highest BCUT2D eigenvalue weighted by Crippen LogP contribution is 2.26. The number of anilines is 1. The van der Waals surface area contributed by atoms with Crippen molar-refractivity contribution in [2.75, 3.05) is 31.6 Å². The molecule has 0 radical (unpaired) electrons. The van der Waals surface area contributed by atoms with E-state index < -0.39 is 0 Å². The van der Waals surface area contributed by atoms with Gasteiger partial charge in [-0.25, -0.2) is 4.98 Å². The fourth-order valence-electron chi connectivity index (χ4n) is 3.14. The molecule has 1 aromatic heterocycles. The van der Waals surface area contributed by atoms with Crippen molar-refractivity contribution in [2.24, 2.45) is 0 Å². The number of likely N-dealkylation sites (tertiary alicyclic amines) is 1. The fraction of sp³-hybridized carbons (Fsp3) is 0.421. The molecule has 2 aromatic rings. The normalized spacial score (nSPS) is 19.2. The molecule has 0 amide bonds. The van der Waals surface area contributed by atoms with Gasteiger partial charge in [-0.3, -0.25) is 4.90 Å². The molecule has 2 unspecified atom stereocenters. The maximum absolute atomic E-state index is 8.75. The van der Waals surface area contributed by atoms with Crippen LogP contribution in [0.15, 0.2) is 48.7 Å². The molecule has 2 heterocycles. The average molecular weight is 327 g/mol. The Morgan fingerprint density at radius 2 is 2.12 bits per heavy atom. The number of pyridine rings is 1. The highest BCUT2D eigenvalue weighted by molar-refractivity contribution is 5.43. The average Bonchev–Trinajstić information content (AvgIpc) is 3.10. The van der Waals surface area contributed by atoms with E-state index in [4.69, 9.17) is 9.84 Å². The lowest BCUT2D eigenvalue weighted by Gasteiger charge is -2.25. The first-order valence-electron chi connectivity index (χ1n) is 8.51. The summed E-state index contributed by atoms with van der Waals surface area (Å²) in [7, 11) is 0. The summed E-state index contributed by atoms with van der Waals surface area (Å²) in [6.07, 6.45) is 2.91. The summed E-state index contributed by atoms with van der Waals surface area (Å²) in [5, 5.41) is 12.3. The summed E-state index contributed by atoms with van der Waals surface area (Å²) in [5.41, 5.74) is 2.37. The van der Waals surface area contributed by atoms with E-state index in [0.717, 1.165) is 25.2 Å². The van der Waals surface area contributed by atoms with E-state index in [0.29, 0.717) is 18.0 Å². The standard InChI is InChI=1S/C19H25N3O2/c1-15(16-5-3-2-4-6-16)22-10-9-18(14-22)21-17-7-8-19(20-13-17)24-12-11-23/h2-8,13,15,18,21,23H,9-12,14H2,1H3. The van der Waals surface area contributed by atoms with Gasteiger partial charge in [-0.05, 0) is 25.0 Å². The molecule has 0 bridgehead atoms. The highest BCUT2D eigenvalue weighted by atomic mass is 16.5. The number of aliphatic hydroxyl groups excluding tert-OH is 1. The third-order valence-electron chi connectivity index (χ3n) is 4.50. The third-order valence-corrected chi connectivity index (χ3v) is 4.50. The zero-order valence-electron chi connectivity index (χ0n) is 14.1. The first-order valence-corrected chi connectivity index (χ1v) is 8.51. The van der Waals surface area contributed by atoms with Crippen LogP contribution in [-0.4, -0.2) is 47.3 Å². The molecule has 0 aliphatic carbocycles. The molecule has 1 saturated heterocycles. The van der Waals surface area contributed by atoms with Crippen molar-refractivity contribution in [1.29, 1.82) is 0 Å². The maximum atomic E-state index is 8.75. The van der Waals surface area contributed by atoms with E-state index in [9.17, 15) is 0 Å². The minimum atomic E-state index is -0.000805. The number of benzene rings is 1. The molecule has 1 aliphatic heterocycles. The van der Waals surface area contributed by atoms with Gasteiger partial charge in [0.15, 0.2) is 0 Å². The monoisotopic (exact) mass is 327 g/mol. The molecule has 2 atom stereocenters. The second kappa shape index (κ2) is 8.13. The van der Waals surface area contributed by atoms with Gasteiger partial charge in [0.1, 0.15) is 6.61 Å². The van der Waals surface area contributed by atoms with Crippen LogP contribution in [0.2, 0.25) is 0 Å². The van der Waals surface area contributed by atoms with E-state index in [2.05, 4.69) is 52.5 Å². The lowest BCUT2D eigenvalue weighted by Crippen LogP contribution is -2.28. The topological polar surface area (TPSA) is 57.6 Å². The molecule has 1 aromatic carbocycles. The minimum Gasteiger partial charge on any atom is -0.475 e. The Morgan fingerprint density at radius 1 is 1.29 bits per heavy atom. The Bertz CT molecular complexity index is 618. The molecule has 2 N–H and O–H groups in total. The van der Waals surface area contributed by atoms with Gasteiger partial charge in [-0.1, -0.05) is 30.3 Å². The van der Waals surface area contributed by atoms with Crippen molar-refractivity contribution in [3.63, 3.8) is 0 Å². The smallest absolute Gasteiger partial charge is 0.213 e. The van der Waals surface area contributed by atoms with E-state index in [1.54, 1.807) is 6.20 Å². The third kappa shape index (κ3) is 4.24. The molecular weight excluding hydrogens is 302 g/mol. The Hall–Kier alpha value is -2.11. The highest BCUT2D eigenvalue weighted by Gasteiger charge is 2.26. The van der Waals surface area contributed by atoms with Gasteiger partial charge in [0.25, 0.3) is 0 Å². The van der Waals surface area contributed by atoms with E-state index in [1.165, 1.54) is 5.56 Å². The Kier molecular flexibility index (Phi) is 5.67. The summed E-state index contributed by atoms with van der Waals surface area (Å²) in [6.45, 7) is 4.66. The van der Waals surface area contributed by atoms with Crippen LogP contribution in [0.25, 0.3) is 0 Å². The summed E-state index contributed by atoms with van der Waals surface area (Å²) in [6, 6.07) is 15.3. The Labute approximate surface area is 143 Å². The van der Waals surface area contributed by atoms with E-state index >= 15 is 0 Å². The van der Waals surface area contributed by atoms with E-state index in [1.807, 2.05) is 12.1 Å². The van der Waals surface area contributed by atoms with Crippen molar-refractivity contribution < 1.29 is 9.84 Å². The molecule has 0 saturated carbocycles.